The van der Waals surface area contributed by atoms with Crippen molar-refractivity contribution in [2.24, 2.45) is 0 Å². The van der Waals surface area contributed by atoms with Crippen LogP contribution in [0.3, 0.4) is 0 Å². The minimum absolute atomic E-state index is 0.116. The highest BCUT2D eigenvalue weighted by Gasteiger charge is 2.16. The van der Waals surface area contributed by atoms with Gasteiger partial charge in [0.25, 0.3) is 5.91 Å². The van der Waals surface area contributed by atoms with E-state index in [1.54, 1.807) is 35.3 Å². The van der Waals surface area contributed by atoms with Crippen molar-refractivity contribution in [2.45, 2.75) is 6.54 Å². The Morgan fingerprint density at radius 3 is 2.69 bits per heavy atom. The van der Waals surface area contributed by atoms with Crippen LogP contribution in [0.2, 0.25) is 15.1 Å². The van der Waals surface area contributed by atoms with E-state index in [4.69, 9.17) is 39.3 Å². The van der Waals surface area contributed by atoms with Crippen LogP contribution in [0.5, 0.6) is 0 Å². The van der Waals surface area contributed by atoms with Gasteiger partial charge in [-0.2, -0.15) is 5.10 Å². The molecule has 0 atom stereocenters. The van der Waals surface area contributed by atoms with Gasteiger partial charge in [0.05, 0.1) is 23.5 Å². The van der Waals surface area contributed by atoms with Crippen molar-refractivity contribution in [3.05, 3.63) is 87.2 Å². The van der Waals surface area contributed by atoms with Crippen LogP contribution in [0.1, 0.15) is 16.1 Å². The molecule has 29 heavy (non-hydrogen) atoms. The lowest BCUT2D eigenvalue weighted by Gasteiger charge is -2.03. The summed E-state index contributed by atoms with van der Waals surface area (Å²) in [7, 11) is 0. The molecule has 0 unspecified atom stereocenters. The molecule has 0 aliphatic carbocycles. The molecule has 146 valence electrons. The van der Waals surface area contributed by atoms with E-state index in [0.717, 1.165) is 5.56 Å². The van der Waals surface area contributed by atoms with E-state index in [9.17, 15) is 4.79 Å². The van der Waals surface area contributed by atoms with Gasteiger partial charge in [0, 0.05) is 27.9 Å². The summed E-state index contributed by atoms with van der Waals surface area (Å²) in [5, 5.41) is 12.4. The highest BCUT2D eigenvalue weighted by molar-refractivity contribution is 6.36. The molecule has 0 fully saturated rings. The Kier molecular flexibility index (Phi) is 5.58. The van der Waals surface area contributed by atoms with Gasteiger partial charge in [0.2, 0.25) is 0 Å². The summed E-state index contributed by atoms with van der Waals surface area (Å²) in [5.74, 6) is -0.0615. The fraction of sp³-hybridized carbons (Fsp3) is 0.0500. The molecule has 1 N–H and O–H groups in total. The number of carbonyl (C=O) groups is 1. The highest BCUT2D eigenvalue weighted by Crippen LogP contribution is 2.30. The molecule has 0 spiro atoms. The predicted octanol–water partition coefficient (Wildman–Crippen LogP) is 5.80. The third-order valence-corrected chi connectivity index (χ3v) is 5.04. The summed E-state index contributed by atoms with van der Waals surface area (Å²) in [6.45, 7) is 0.485. The van der Waals surface area contributed by atoms with Gasteiger partial charge in [-0.05, 0) is 29.8 Å². The maximum atomic E-state index is 12.5. The molecule has 4 aromatic rings. The zero-order valence-electron chi connectivity index (χ0n) is 14.8. The first-order valence-corrected chi connectivity index (χ1v) is 9.62. The number of carbonyl (C=O) groups excluding carboxylic acids is 1. The van der Waals surface area contributed by atoms with Crippen LogP contribution in [-0.2, 0) is 6.54 Å². The fourth-order valence-corrected chi connectivity index (χ4v) is 3.41. The first kappa shape index (κ1) is 19.5. The third kappa shape index (κ3) is 4.45. The standard InChI is InChI=1S/C20H13Cl3N4O2/c21-13-5-6-15(17(23)7-13)19-8-18(26-29-19)20(28)25-14-9-24-27(11-14)10-12-3-1-2-4-16(12)22/h1-9,11H,10H2,(H,25,28). The quantitative estimate of drug-likeness (QED) is 0.420. The van der Waals surface area contributed by atoms with Crippen LogP contribution < -0.4 is 5.32 Å². The van der Waals surface area contributed by atoms with E-state index in [-0.39, 0.29) is 5.69 Å². The molecule has 4 rings (SSSR count). The minimum atomic E-state index is -0.428. The Bertz CT molecular complexity index is 1190. The van der Waals surface area contributed by atoms with E-state index in [0.29, 0.717) is 38.6 Å². The number of aromatic nitrogens is 3. The highest BCUT2D eigenvalue weighted by atomic mass is 35.5. The lowest BCUT2D eigenvalue weighted by molar-refractivity contribution is 0.101. The molecular formula is C20H13Cl3N4O2. The van der Waals surface area contributed by atoms with Crippen LogP contribution in [0.4, 0.5) is 5.69 Å². The van der Waals surface area contributed by atoms with Crippen LogP contribution in [0.25, 0.3) is 11.3 Å². The second kappa shape index (κ2) is 8.29. The number of halogens is 3. The molecule has 0 aliphatic rings. The summed E-state index contributed by atoms with van der Waals surface area (Å²) in [6.07, 6.45) is 3.25. The maximum absolute atomic E-state index is 12.5. The zero-order chi connectivity index (χ0) is 20.4. The molecule has 0 saturated carbocycles. The van der Waals surface area contributed by atoms with E-state index >= 15 is 0 Å². The molecule has 2 aromatic carbocycles. The summed E-state index contributed by atoms with van der Waals surface area (Å²) in [5.41, 5.74) is 2.16. The minimum Gasteiger partial charge on any atom is -0.355 e. The van der Waals surface area contributed by atoms with Gasteiger partial charge >= 0.3 is 0 Å². The van der Waals surface area contributed by atoms with E-state index in [1.165, 1.54) is 6.07 Å². The van der Waals surface area contributed by atoms with Gasteiger partial charge in [-0.15, -0.1) is 0 Å². The first-order chi connectivity index (χ1) is 14.0. The number of amides is 1. The van der Waals surface area contributed by atoms with Crippen LogP contribution in [0.15, 0.2) is 65.4 Å². The molecule has 0 saturated heterocycles. The Morgan fingerprint density at radius 1 is 1.07 bits per heavy atom. The predicted molar refractivity (Wildman–Crippen MR) is 113 cm³/mol. The number of hydrogen-bond donors (Lipinski definition) is 1. The SMILES string of the molecule is O=C(Nc1cnn(Cc2ccccc2Cl)c1)c1cc(-c2ccc(Cl)cc2Cl)on1. The molecule has 2 aromatic heterocycles. The van der Waals surface area contributed by atoms with Gasteiger partial charge in [0.15, 0.2) is 11.5 Å². The number of hydrogen-bond acceptors (Lipinski definition) is 4. The fourth-order valence-electron chi connectivity index (χ4n) is 2.71. The normalized spacial score (nSPS) is 10.9. The smallest absolute Gasteiger partial charge is 0.277 e. The number of anilines is 1. The van der Waals surface area contributed by atoms with Crippen molar-refractivity contribution in [1.82, 2.24) is 14.9 Å². The Hall–Kier alpha value is -2.80. The van der Waals surface area contributed by atoms with Gasteiger partial charge in [-0.1, -0.05) is 58.2 Å². The van der Waals surface area contributed by atoms with Crippen molar-refractivity contribution >= 4 is 46.4 Å². The molecule has 0 radical (unpaired) electrons. The third-order valence-electron chi connectivity index (χ3n) is 4.12. The second-order valence-electron chi connectivity index (χ2n) is 6.17. The summed E-state index contributed by atoms with van der Waals surface area (Å²) < 4.78 is 6.93. The topological polar surface area (TPSA) is 73.0 Å². The van der Waals surface area contributed by atoms with Gasteiger partial charge in [-0.25, -0.2) is 0 Å². The van der Waals surface area contributed by atoms with Crippen molar-refractivity contribution < 1.29 is 9.32 Å². The summed E-state index contributed by atoms with van der Waals surface area (Å²) >= 11 is 18.2. The largest absolute Gasteiger partial charge is 0.355 e. The molecular weight excluding hydrogens is 435 g/mol. The first-order valence-electron chi connectivity index (χ1n) is 8.49. The van der Waals surface area contributed by atoms with Crippen molar-refractivity contribution in [3.8, 4) is 11.3 Å². The maximum Gasteiger partial charge on any atom is 0.277 e. The van der Waals surface area contributed by atoms with E-state index in [2.05, 4.69) is 15.6 Å². The van der Waals surface area contributed by atoms with Crippen molar-refractivity contribution in [1.29, 1.82) is 0 Å². The number of nitrogens with one attached hydrogen (secondary N) is 1. The second-order valence-corrected chi connectivity index (χ2v) is 7.42. The molecule has 2 heterocycles. The average Bonchev–Trinajstić information content (AvgIpc) is 3.33. The van der Waals surface area contributed by atoms with Gasteiger partial charge in [0.1, 0.15) is 0 Å². The molecule has 6 nitrogen and oxygen atoms in total. The van der Waals surface area contributed by atoms with Crippen molar-refractivity contribution in [3.63, 3.8) is 0 Å². The van der Waals surface area contributed by atoms with Crippen LogP contribution in [0, 0.1) is 0 Å². The van der Waals surface area contributed by atoms with Crippen molar-refractivity contribution in [2.75, 3.05) is 5.32 Å². The Balaban J connectivity index is 1.46. The monoisotopic (exact) mass is 446 g/mol. The van der Waals surface area contributed by atoms with E-state index in [1.807, 2.05) is 24.3 Å². The number of rotatable bonds is 5. The lowest BCUT2D eigenvalue weighted by atomic mass is 10.1. The average molecular weight is 448 g/mol. The summed E-state index contributed by atoms with van der Waals surface area (Å²) in [4.78, 5) is 12.5. The Morgan fingerprint density at radius 2 is 1.90 bits per heavy atom. The Labute approximate surface area is 181 Å². The summed E-state index contributed by atoms with van der Waals surface area (Å²) in [6, 6.07) is 14.0. The number of benzene rings is 2. The lowest BCUT2D eigenvalue weighted by Crippen LogP contribution is -2.11. The van der Waals surface area contributed by atoms with Gasteiger partial charge in [-0.3, -0.25) is 9.48 Å². The number of nitrogens with zero attached hydrogens (tertiary/aromatic N) is 3. The zero-order valence-corrected chi connectivity index (χ0v) is 17.0. The molecule has 0 bridgehead atoms. The molecule has 0 aliphatic heterocycles. The molecule has 9 heteroatoms. The molecule has 1 amide bonds. The van der Waals surface area contributed by atoms with Gasteiger partial charge < -0.3 is 9.84 Å². The van der Waals surface area contributed by atoms with Crippen LogP contribution in [-0.4, -0.2) is 20.8 Å². The van der Waals surface area contributed by atoms with Crippen LogP contribution >= 0.6 is 34.8 Å². The van der Waals surface area contributed by atoms with E-state index < -0.39 is 5.91 Å².